The van der Waals surface area contributed by atoms with Crippen LogP contribution in [0.4, 0.5) is 5.69 Å². The molecular formula is C19H19Cl2NO2. The van der Waals surface area contributed by atoms with Crippen LogP contribution < -0.4 is 10.1 Å². The highest BCUT2D eigenvalue weighted by molar-refractivity contribution is 6.36. The van der Waals surface area contributed by atoms with Gasteiger partial charge in [-0.3, -0.25) is 4.79 Å². The van der Waals surface area contributed by atoms with Gasteiger partial charge < -0.3 is 10.1 Å². The summed E-state index contributed by atoms with van der Waals surface area (Å²) in [5, 5.41) is 3.81. The quantitative estimate of drug-likeness (QED) is 0.709. The van der Waals surface area contributed by atoms with Crippen molar-refractivity contribution in [3.63, 3.8) is 0 Å². The Bertz CT molecular complexity index is 785. The predicted octanol–water partition coefficient (Wildman–Crippen LogP) is 5.52. The van der Waals surface area contributed by atoms with Crippen molar-refractivity contribution in [3.8, 4) is 5.75 Å². The van der Waals surface area contributed by atoms with Crippen molar-refractivity contribution in [2.45, 2.75) is 20.3 Å². The molecule has 0 atom stereocenters. The number of amides is 1. The van der Waals surface area contributed by atoms with Crippen molar-refractivity contribution in [2.24, 2.45) is 0 Å². The molecule has 0 radical (unpaired) electrons. The van der Waals surface area contributed by atoms with Gasteiger partial charge >= 0.3 is 0 Å². The first kappa shape index (κ1) is 18.4. The Morgan fingerprint density at radius 1 is 1.29 bits per heavy atom. The van der Waals surface area contributed by atoms with E-state index in [1.165, 1.54) is 13.2 Å². The Balaban J connectivity index is 2.24. The van der Waals surface area contributed by atoms with Gasteiger partial charge in [-0.2, -0.15) is 0 Å². The second-order valence-corrected chi connectivity index (χ2v) is 6.14. The molecule has 0 saturated heterocycles. The lowest BCUT2D eigenvalue weighted by Crippen LogP contribution is -2.11. The first-order chi connectivity index (χ1) is 11.5. The topological polar surface area (TPSA) is 38.3 Å². The number of aryl methyl sites for hydroxylation is 2. The summed E-state index contributed by atoms with van der Waals surface area (Å²) in [4.78, 5) is 12.3. The fourth-order valence-corrected chi connectivity index (χ4v) is 3.04. The second kappa shape index (κ2) is 8.22. The maximum atomic E-state index is 12.3. The Hall–Kier alpha value is -1.97. The molecule has 0 aliphatic heterocycles. The minimum Gasteiger partial charge on any atom is -0.495 e. The van der Waals surface area contributed by atoms with Crippen molar-refractivity contribution in [1.29, 1.82) is 0 Å². The van der Waals surface area contributed by atoms with E-state index >= 15 is 0 Å². The van der Waals surface area contributed by atoms with Crippen molar-refractivity contribution in [1.82, 2.24) is 0 Å². The third kappa shape index (κ3) is 4.31. The van der Waals surface area contributed by atoms with Crippen LogP contribution in [0.2, 0.25) is 10.0 Å². The fourth-order valence-electron chi connectivity index (χ4n) is 2.45. The van der Waals surface area contributed by atoms with E-state index in [1.54, 1.807) is 18.2 Å². The van der Waals surface area contributed by atoms with Gasteiger partial charge in [-0.1, -0.05) is 48.3 Å². The monoisotopic (exact) mass is 363 g/mol. The minimum absolute atomic E-state index is 0.225. The molecule has 0 saturated carbocycles. The zero-order chi connectivity index (χ0) is 17.7. The van der Waals surface area contributed by atoms with Crippen LogP contribution in [0, 0.1) is 6.92 Å². The number of hydrogen-bond donors (Lipinski definition) is 1. The molecule has 2 aromatic carbocycles. The van der Waals surface area contributed by atoms with E-state index in [4.69, 9.17) is 27.9 Å². The number of hydrogen-bond acceptors (Lipinski definition) is 2. The van der Waals surface area contributed by atoms with E-state index < -0.39 is 0 Å². The number of ether oxygens (including phenoxy) is 1. The molecular weight excluding hydrogens is 345 g/mol. The number of carbonyl (C=O) groups is 1. The second-order valence-electron chi connectivity index (χ2n) is 5.30. The summed E-state index contributed by atoms with van der Waals surface area (Å²) < 4.78 is 5.26. The standard InChI is InChI=1S/C19H19Cl2NO2/c1-4-13-7-5-6-12(2)18(13)22-17(23)9-8-14-10-15(20)11-16(21)19(14)24-3/h5-11H,4H2,1-3H3,(H,22,23). The molecule has 0 aliphatic rings. The molecule has 24 heavy (non-hydrogen) atoms. The summed E-state index contributed by atoms with van der Waals surface area (Å²) in [7, 11) is 1.52. The van der Waals surface area contributed by atoms with Crippen LogP contribution in [0.3, 0.4) is 0 Å². The molecule has 0 bridgehead atoms. The smallest absolute Gasteiger partial charge is 0.248 e. The number of benzene rings is 2. The third-order valence-corrected chi connectivity index (χ3v) is 4.14. The van der Waals surface area contributed by atoms with Crippen LogP contribution >= 0.6 is 23.2 Å². The average molecular weight is 364 g/mol. The maximum Gasteiger partial charge on any atom is 0.248 e. The summed E-state index contributed by atoms with van der Waals surface area (Å²) in [6.07, 6.45) is 3.92. The lowest BCUT2D eigenvalue weighted by atomic mass is 10.1. The Morgan fingerprint density at radius 2 is 2.04 bits per heavy atom. The van der Waals surface area contributed by atoms with E-state index in [0.717, 1.165) is 23.2 Å². The highest BCUT2D eigenvalue weighted by Gasteiger charge is 2.09. The molecule has 0 fully saturated rings. The first-order valence-corrected chi connectivity index (χ1v) is 8.32. The van der Waals surface area contributed by atoms with E-state index in [0.29, 0.717) is 21.4 Å². The van der Waals surface area contributed by atoms with Crippen LogP contribution in [-0.2, 0) is 11.2 Å². The highest BCUT2D eigenvalue weighted by atomic mass is 35.5. The number of halogens is 2. The Labute approximate surface area is 152 Å². The van der Waals surface area contributed by atoms with Gasteiger partial charge in [-0.15, -0.1) is 0 Å². The highest BCUT2D eigenvalue weighted by Crippen LogP contribution is 2.33. The molecule has 1 N–H and O–H groups in total. The van der Waals surface area contributed by atoms with Crippen LogP contribution in [0.1, 0.15) is 23.6 Å². The zero-order valence-corrected chi connectivity index (χ0v) is 15.3. The van der Waals surface area contributed by atoms with Gasteiger partial charge in [0.05, 0.1) is 12.1 Å². The molecule has 126 valence electrons. The van der Waals surface area contributed by atoms with Gasteiger partial charge in [0.1, 0.15) is 5.75 Å². The lowest BCUT2D eigenvalue weighted by molar-refractivity contribution is -0.111. The SMILES string of the molecule is CCc1cccc(C)c1NC(=O)C=Cc1cc(Cl)cc(Cl)c1OC. The summed E-state index contributed by atoms with van der Waals surface area (Å²) in [6.45, 7) is 4.03. The summed E-state index contributed by atoms with van der Waals surface area (Å²) in [6, 6.07) is 9.25. The average Bonchev–Trinajstić information content (AvgIpc) is 2.54. The molecule has 0 unspecified atom stereocenters. The summed E-state index contributed by atoms with van der Waals surface area (Å²) in [5.41, 5.74) is 3.62. The molecule has 0 spiro atoms. The van der Waals surface area contributed by atoms with E-state index in [-0.39, 0.29) is 5.91 Å². The molecule has 2 aromatic rings. The number of methoxy groups -OCH3 is 1. The van der Waals surface area contributed by atoms with E-state index in [1.807, 2.05) is 25.1 Å². The zero-order valence-electron chi connectivity index (χ0n) is 13.8. The number of nitrogens with one attached hydrogen (secondary N) is 1. The number of rotatable bonds is 5. The number of carbonyl (C=O) groups excluding carboxylic acids is 1. The third-order valence-electron chi connectivity index (χ3n) is 3.64. The van der Waals surface area contributed by atoms with Crippen molar-refractivity contribution >= 4 is 40.9 Å². The molecule has 3 nitrogen and oxygen atoms in total. The van der Waals surface area contributed by atoms with Crippen molar-refractivity contribution in [3.05, 3.63) is 63.1 Å². The van der Waals surface area contributed by atoms with Crippen molar-refractivity contribution in [2.75, 3.05) is 12.4 Å². The van der Waals surface area contributed by atoms with E-state index in [9.17, 15) is 4.79 Å². The largest absolute Gasteiger partial charge is 0.495 e. The molecule has 1 amide bonds. The van der Waals surface area contributed by atoms with Crippen LogP contribution in [-0.4, -0.2) is 13.0 Å². The number of anilines is 1. The van der Waals surface area contributed by atoms with Gasteiger partial charge in [-0.25, -0.2) is 0 Å². The van der Waals surface area contributed by atoms with Crippen molar-refractivity contribution < 1.29 is 9.53 Å². The molecule has 2 rings (SSSR count). The summed E-state index contributed by atoms with van der Waals surface area (Å²) >= 11 is 12.1. The molecule has 0 aromatic heterocycles. The van der Waals surface area contributed by atoms with Gasteiger partial charge in [0.15, 0.2) is 0 Å². The van der Waals surface area contributed by atoms with Crippen LogP contribution in [0.5, 0.6) is 5.75 Å². The van der Waals surface area contributed by atoms with Gasteiger partial charge in [-0.05, 0) is 42.7 Å². The maximum absolute atomic E-state index is 12.3. The fraction of sp³-hybridized carbons (Fsp3) is 0.211. The molecule has 0 aliphatic carbocycles. The minimum atomic E-state index is -0.225. The number of para-hydroxylation sites is 1. The van der Waals surface area contributed by atoms with Crippen LogP contribution in [0.25, 0.3) is 6.08 Å². The van der Waals surface area contributed by atoms with Gasteiger partial charge in [0, 0.05) is 22.3 Å². The molecule has 0 heterocycles. The normalized spacial score (nSPS) is 10.9. The predicted molar refractivity (Wildman–Crippen MR) is 101 cm³/mol. The summed E-state index contributed by atoms with van der Waals surface area (Å²) in [5.74, 6) is 0.257. The Morgan fingerprint density at radius 3 is 2.71 bits per heavy atom. The van der Waals surface area contributed by atoms with E-state index in [2.05, 4.69) is 12.2 Å². The van der Waals surface area contributed by atoms with Crippen LogP contribution in [0.15, 0.2) is 36.4 Å². The molecule has 5 heteroatoms. The lowest BCUT2D eigenvalue weighted by Gasteiger charge is -2.11. The first-order valence-electron chi connectivity index (χ1n) is 7.56. The van der Waals surface area contributed by atoms with Gasteiger partial charge in [0.25, 0.3) is 0 Å². The van der Waals surface area contributed by atoms with Gasteiger partial charge in [0.2, 0.25) is 5.91 Å². The Kier molecular flexibility index (Phi) is 6.29.